The van der Waals surface area contributed by atoms with E-state index in [0.717, 1.165) is 37.7 Å². The number of amides is 5. The first kappa shape index (κ1) is 24.3. The average Bonchev–Trinajstić information content (AvgIpc) is 3.34. The lowest BCUT2D eigenvalue weighted by Crippen LogP contribution is -2.63. The number of benzene rings is 1. The molecule has 1 saturated carbocycles. The number of urea groups is 1. The molecular formula is C25H32N4O4S. The minimum absolute atomic E-state index is 0.000572. The molecule has 4 rings (SSSR count). The molecule has 1 aliphatic carbocycles. The molecule has 2 aliphatic heterocycles. The highest BCUT2D eigenvalue weighted by atomic mass is 32.2. The molecule has 3 aliphatic rings. The van der Waals surface area contributed by atoms with Gasteiger partial charge in [-0.2, -0.15) is 0 Å². The molecule has 1 aromatic rings. The van der Waals surface area contributed by atoms with Crippen molar-refractivity contribution in [2.45, 2.75) is 50.3 Å². The van der Waals surface area contributed by atoms with Crippen molar-refractivity contribution in [1.82, 2.24) is 15.1 Å². The normalized spacial score (nSPS) is 26.4. The molecule has 8 nitrogen and oxygen atoms in total. The van der Waals surface area contributed by atoms with Crippen LogP contribution in [0.1, 0.15) is 38.2 Å². The van der Waals surface area contributed by atoms with E-state index in [1.165, 1.54) is 21.6 Å². The molecule has 34 heavy (non-hydrogen) atoms. The van der Waals surface area contributed by atoms with Gasteiger partial charge in [-0.3, -0.25) is 19.3 Å². The van der Waals surface area contributed by atoms with Crippen LogP contribution < -0.4 is 10.6 Å². The van der Waals surface area contributed by atoms with Crippen LogP contribution in [-0.2, 0) is 20.8 Å². The molecule has 0 aromatic heterocycles. The van der Waals surface area contributed by atoms with Gasteiger partial charge in [0.15, 0.2) is 0 Å². The summed E-state index contributed by atoms with van der Waals surface area (Å²) >= 11 is 1.40. The van der Waals surface area contributed by atoms with Crippen molar-refractivity contribution in [1.29, 1.82) is 0 Å². The van der Waals surface area contributed by atoms with Gasteiger partial charge in [-0.1, -0.05) is 25.1 Å². The summed E-state index contributed by atoms with van der Waals surface area (Å²) in [5.41, 5.74) is 1.81. The smallest absolute Gasteiger partial charge is 0.327 e. The van der Waals surface area contributed by atoms with E-state index in [0.29, 0.717) is 12.2 Å². The highest BCUT2D eigenvalue weighted by molar-refractivity contribution is 8.03. The van der Waals surface area contributed by atoms with Crippen LogP contribution in [0.4, 0.5) is 10.5 Å². The van der Waals surface area contributed by atoms with Crippen LogP contribution in [0.2, 0.25) is 0 Å². The van der Waals surface area contributed by atoms with E-state index in [1.807, 2.05) is 42.7 Å². The molecule has 0 bridgehead atoms. The van der Waals surface area contributed by atoms with Gasteiger partial charge in [0.25, 0.3) is 0 Å². The highest BCUT2D eigenvalue weighted by Crippen LogP contribution is 2.36. The Morgan fingerprint density at radius 2 is 1.91 bits per heavy atom. The minimum Gasteiger partial charge on any atom is -0.359 e. The van der Waals surface area contributed by atoms with Crippen LogP contribution in [0, 0.1) is 11.8 Å². The fourth-order valence-electron chi connectivity index (χ4n) is 5.03. The summed E-state index contributed by atoms with van der Waals surface area (Å²) in [7, 11) is 1.65. The predicted molar refractivity (Wildman–Crippen MR) is 132 cm³/mol. The van der Waals surface area contributed by atoms with Gasteiger partial charge < -0.3 is 15.5 Å². The Balaban J connectivity index is 1.42. The number of anilines is 1. The van der Waals surface area contributed by atoms with E-state index in [4.69, 9.17) is 0 Å². The second-order valence-electron chi connectivity index (χ2n) is 9.17. The Labute approximate surface area is 204 Å². The Morgan fingerprint density at radius 1 is 1.15 bits per heavy atom. The van der Waals surface area contributed by atoms with Crippen LogP contribution in [0.3, 0.4) is 0 Å². The van der Waals surface area contributed by atoms with Crippen molar-refractivity contribution in [3.63, 3.8) is 0 Å². The number of hydrogen-bond acceptors (Lipinski definition) is 5. The van der Waals surface area contributed by atoms with Crippen molar-refractivity contribution in [2.75, 3.05) is 25.5 Å². The number of fused-ring (bicyclic) bond motifs is 1. The molecule has 2 unspecified atom stereocenters. The van der Waals surface area contributed by atoms with Crippen molar-refractivity contribution < 1.29 is 19.2 Å². The first-order valence-electron chi connectivity index (χ1n) is 12.0. The van der Waals surface area contributed by atoms with Crippen LogP contribution in [0.25, 0.3) is 0 Å². The number of imide groups is 1. The molecule has 0 radical (unpaired) electrons. The third kappa shape index (κ3) is 5.14. The lowest BCUT2D eigenvalue weighted by atomic mass is 9.81. The fourth-order valence-corrected chi connectivity index (χ4v) is 6.09. The maximum absolute atomic E-state index is 13.4. The molecule has 2 N–H and O–H groups in total. The summed E-state index contributed by atoms with van der Waals surface area (Å²) in [6, 6.07) is 6.82. The van der Waals surface area contributed by atoms with Crippen molar-refractivity contribution >= 4 is 41.2 Å². The van der Waals surface area contributed by atoms with Gasteiger partial charge in [-0.05, 0) is 61.1 Å². The highest BCUT2D eigenvalue weighted by Gasteiger charge is 2.48. The second-order valence-corrected chi connectivity index (χ2v) is 10.2. The Kier molecular flexibility index (Phi) is 7.60. The van der Waals surface area contributed by atoms with Gasteiger partial charge in [-0.15, -0.1) is 11.8 Å². The Bertz CT molecular complexity index is 989. The van der Waals surface area contributed by atoms with Crippen molar-refractivity contribution in [3.8, 4) is 0 Å². The number of rotatable bonds is 7. The number of carbonyl (C=O) groups is 4. The van der Waals surface area contributed by atoms with Gasteiger partial charge in [0, 0.05) is 25.2 Å². The SMILES string of the molecule is CCc1cccc(NC(=O)CN2C(=O)N(CC3CCC(C(=O)NC)CC3)C(=O)C3SC=CC32)c1. The number of nitrogens with zero attached hydrogens (tertiary/aromatic N) is 2. The predicted octanol–water partition coefficient (Wildman–Crippen LogP) is 3.00. The summed E-state index contributed by atoms with van der Waals surface area (Å²) in [4.78, 5) is 54.2. The first-order valence-corrected chi connectivity index (χ1v) is 12.9. The third-order valence-corrected chi connectivity index (χ3v) is 8.08. The topological polar surface area (TPSA) is 98.8 Å². The molecule has 2 atom stereocenters. The van der Waals surface area contributed by atoms with Crippen LogP contribution in [0.15, 0.2) is 35.7 Å². The van der Waals surface area contributed by atoms with E-state index < -0.39 is 17.3 Å². The third-order valence-electron chi connectivity index (χ3n) is 6.99. The zero-order valence-electron chi connectivity index (χ0n) is 19.7. The van der Waals surface area contributed by atoms with Gasteiger partial charge in [0.05, 0.1) is 6.04 Å². The second kappa shape index (κ2) is 10.6. The average molecular weight is 485 g/mol. The molecule has 182 valence electrons. The van der Waals surface area contributed by atoms with Gasteiger partial charge in [-0.25, -0.2) is 4.79 Å². The molecule has 2 fully saturated rings. The van der Waals surface area contributed by atoms with Gasteiger partial charge >= 0.3 is 6.03 Å². The van der Waals surface area contributed by atoms with Crippen LogP contribution in [0.5, 0.6) is 0 Å². The monoisotopic (exact) mass is 484 g/mol. The molecule has 1 saturated heterocycles. The zero-order valence-corrected chi connectivity index (χ0v) is 20.5. The summed E-state index contributed by atoms with van der Waals surface area (Å²) in [6.07, 6.45) is 5.80. The maximum atomic E-state index is 13.4. The Hall–Kier alpha value is -2.81. The quantitative estimate of drug-likeness (QED) is 0.620. The van der Waals surface area contributed by atoms with E-state index in [1.54, 1.807) is 7.05 Å². The van der Waals surface area contributed by atoms with Crippen LogP contribution in [-0.4, -0.2) is 65.0 Å². The van der Waals surface area contributed by atoms with E-state index >= 15 is 0 Å². The molecule has 2 heterocycles. The van der Waals surface area contributed by atoms with E-state index in [2.05, 4.69) is 10.6 Å². The summed E-state index contributed by atoms with van der Waals surface area (Å²) in [6.45, 7) is 2.27. The summed E-state index contributed by atoms with van der Waals surface area (Å²) < 4.78 is 0. The van der Waals surface area contributed by atoms with E-state index in [9.17, 15) is 19.2 Å². The summed E-state index contributed by atoms with van der Waals surface area (Å²) in [5.74, 6) is -0.255. The maximum Gasteiger partial charge on any atom is 0.327 e. The van der Waals surface area contributed by atoms with Crippen LogP contribution >= 0.6 is 11.8 Å². The first-order chi connectivity index (χ1) is 16.4. The molecular weight excluding hydrogens is 452 g/mol. The minimum atomic E-state index is -0.420. The zero-order chi connectivity index (χ0) is 24.2. The number of hydrogen-bond donors (Lipinski definition) is 2. The number of nitrogens with one attached hydrogen (secondary N) is 2. The number of thioether (sulfide) groups is 1. The fraction of sp³-hybridized carbons (Fsp3) is 0.520. The van der Waals surface area contributed by atoms with Crippen molar-refractivity contribution in [3.05, 3.63) is 41.3 Å². The number of aryl methyl sites for hydroxylation is 1. The molecule has 1 aromatic carbocycles. The lowest BCUT2D eigenvalue weighted by molar-refractivity contribution is -0.133. The van der Waals surface area contributed by atoms with Crippen molar-refractivity contribution in [2.24, 2.45) is 11.8 Å². The van der Waals surface area contributed by atoms with E-state index in [-0.39, 0.29) is 36.1 Å². The Morgan fingerprint density at radius 3 is 2.62 bits per heavy atom. The summed E-state index contributed by atoms with van der Waals surface area (Å²) in [5, 5.41) is 7.01. The number of carbonyl (C=O) groups excluding carboxylic acids is 4. The molecule has 0 spiro atoms. The molecule has 9 heteroatoms. The largest absolute Gasteiger partial charge is 0.359 e. The van der Waals surface area contributed by atoms with Gasteiger partial charge in [0.1, 0.15) is 11.8 Å². The van der Waals surface area contributed by atoms with Gasteiger partial charge in [0.2, 0.25) is 17.7 Å². The lowest BCUT2D eigenvalue weighted by Gasteiger charge is -2.42. The molecule has 5 amide bonds. The standard InChI is InChI=1S/C25H32N4O4S/c1-3-16-5-4-6-19(13-16)27-21(30)15-28-20-11-12-34-22(20)24(32)29(25(28)33)14-17-7-9-18(10-8-17)23(31)26-2/h4-6,11-13,17-18,20,22H,3,7-10,14-15H2,1-2H3,(H,26,31)(H,27,30).